The lowest BCUT2D eigenvalue weighted by molar-refractivity contribution is 0.0781. The third-order valence-electron chi connectivity index (χ3n) is 2.90. The number of carbonyl (C=O) groups is 1. The molecule has 0 atom stereocenters. The van der Waals surface area contributed by atoms with E-state index in [2.05, 4.69) is 0 Å². The normalized spacial score (nSPS) is 10.3. The number of carbonyl (C=O) groups excluding carboxylic acids is 1. The first-order valence-corrected chi connectivity index (χ1v) is 6.00. The van der Waals surface area contributed by atoms with Crippen molar-refractivity contribution in [2.75, 3.05) is 7.05 Å². The van der Waals surface area contributed by atoms with Crippen LogP contribution in [0.4, 0.5) is 4.39 Å². The Labute approximate surface area is 115 Å². The third kappa shape index (κ3) is 2.88. The van der Waals surface area contributed by atoms with Gasteiger partial charge in [0.15, 0.2) is 11.5 Å². The van der Waals surface area contributed by atoms with Gasteiger partial charge in [0.25, 0.3) is 5.91 Å². The summed E-state index contributed by atoms with van der Waals surface area (Å²) in [6.45, 7) is 0.200. The minimum atomic E-state index is -0.456. The summed E-state index contributed by atoms with van der Waals surface area (Å²) in [6, 6.07) is 10.1. The maximum atomic E-state index is 13.1. The number of phenolic OH excluding ortho intramolecular Hbond substituents is 2. The minimum absolute atomic E-state index is 0.00361. The molecular formula is C15H14FNO3. The highest BCUT2D eigenvalue weighted by molar-refractivity contribution is 5.97. The zero-order valence-corrected chi connectivity index (χ0v) is 10.9. The second-order valence-electron chi connectivity index (χ2n) is 4.46. The summed E-state index contributed by atoms with van der Waals surface area (Å²) in [4.78, 5) is 13.5. The number of aromatic hydroxyl groups is 2. The number of benzene rings is 2. The quantitative estimate of drug-likeness (QED) is 0.846. The lowest BCUT2D eigenvalue weighted by Crippen LogP contribution is -2.26. The highest BCUT2D eigenvalue weighted by atomic mass is 19.1. The fourth-order valence-corrected chi connectivity index (χ4v) is 1.89. The molecule has 2 rings (SSSR count). The lowest BCUT2D eigenvalue weighted by Gasteiger charge is -2.18. The predicted molar refractivity (Wildman–Crippen MR) is 72.0 cm³/mol. The first kappa shape index (κ1) is 13.9. The summed E-state index contributed by atoms with van der Waals surface area (Å²) in [7, 11) is 1.54. The number of para-hydroxylation sites is 1. The number of phenols is 2. The molecule has 2 N–H and O–H groups in total. The lowest BCUT2D eigenvalue weighted by atomic mass is 10.1. The van der Waals surface area contributed by atoms with Crippen LogP contribution in [0.15, 0.2) is 42.5 Å². The van der Waals surface area contributed by atoms with Gasteiger partial charge in [0.1, 0.15) is 5.82 Å². The van der Waals surface area contributed by atoms with Crippen LogP contribution in [0.3, 0.4) is 0 Å². The molecule has 0 bridgehead atoms. The van der Waals surface area contributed by atoms with E-state index in [1.165, 1.54) is 42.3 Å². The summed E-state index contributed by atoms with van der Waals surface area (Å²) in [5.41, 5.74) is 0.643. The van der Waals surface area contributed by atoms with Gasteiger partial charge < -0.3 is 15.1 Å². The minimum Gasteiger partial charge on any atom is -0.504 e. The summed E-state index contributed by atoms with van der Waals surface area (Å²) in [5.74, 6) is -1.63. The smallest absolute Gasteiger partial charge is 0.257 e. The Morgan fingerprint density at radius 2 is 1.90 bits per heavy atom. The number of amides is 1. The molecule has 4 nitrogen and oxygen atoms in total. The number of halogens is 1. The van der Waals surface area contributed by atoms with E-state index in [9.17, 15) is 19.4 Å². The number of rotatable bonds is 3. The molecule has 0 saturated heterocycles. The van der Waals surface area contributed by atoms with E-state index in [4.69, 9.17) is 0 Å². The molecule has 1 amide bonds. The third-order valence-corrected chi connectivity index (χ3v) is 2.90. The highest BCUT2D eigenvalue weighted by Crippen LogP contribution is 2.29. The zero-order chi connectivity index (χ0) is 14.7. The van der Waals surface area contributed by atoms with Gasteiger partial charge in [-0.1, -0.05) is 18.2 Å². The molecule has 104 valence electrons. The van der Waals surface area contributed by atoms with Crippen molar-refractivity contribution in [2.45, 2.75) is 6.54 Å². The Morgan fingerprint density at radius 3 is 2.60 bits per heavy atom. The van der Waals surface area contributed by atoms with Crippen LogP contribution in [0.1, 0.15) is 15.9 Å². The van der Waals surface area contributed by atoms with Crippen molar-refractivity contribution in [3.63, 3.8) is 0 Å². The maximum absolute atomic E-state index is 13.1. The monoisotopic (exact) mass is 275 g/mol. The Morgan fingerprint density at radius 1 is 1.20 bits per heavy atom. The van der Waals surface area contributed by atoms with Crippen molar-refractivity contribution in [3.8, 4) is 11.5 Å². The van der Waals surface area contributed by atoms with Gasteiger partial charge in [-0.25, -0.2) is 4.39 Å². The predicted octanol–water partition coefficient (Wildman–Crippen LogP) is 2.51. The highest BCUT2D eigenvalue weighted by Gasteiger charge is 2.18. The van der Waals surface area contributed by atoms with E-state index < -0.39 is 11.7 Å². The molecule has 0 aliphatic heterocycles. The van der Waals surface area contributed by atoms with Crippen LogP contribution in [0, 0.1) is 5.82 Å². The molecule has 2 aromatic rings. The number of hydrogen-bond donors (Lipinski definition) is 2. The molecule has 2 aromatic carbocycles. The number of hydrogen-bond acceptors (Lipinski definition) is 3. The van der Waals surface area contributed by atoms with Gasteiger partial charge >= 0.3 is 0 Å². The SMILES string of the molecule is CN(Cc1cccc(F)c1)C(=O)c1cccc(O)c1O. The van der Waals surface area contributed by atoms with Crippen LogP contribution in [0.5, 0.6) is 11.5 Å². The fourth-order valence-electron chi connectivity index (χ4n) is 1.89. The first-order chi connectivity index (χ1) is 9.49. The average Bonchev–Trinajstić information content (AvgIpc) is 2.41. The van der Waals surface area contributed by atoms with Crippen molar-refractivity contribution < 1.29 is 19.4 Å². The van der Waals surface area contributed by atoms with E-state index in [1.807, 2.05) is 0 Å². The van der Waals surface area contributed by atoms with Crippen LogP contribution < -0.4 is 0 Å². The Bertz CT molecular complexity index is 643. The molecule has 0 heterocycles. The van der Waals surface area contributed by atoms with Gasteiger partial charge in [0, 0.05) is 13.6 Å². The van der Waals surface area contributed by atoms with Crippen LogP contribution in [0.2, 0.25) is 0 Å². The largest absolute Gasteiger partial charge is 0.504 e. The van der Waals surface area contributed by atoms with E-state index in [0.29, 0.717) is 5.56 Å². The van der Waals surface area contributed by atoms with Crippen LogP contribution in [-0.4, -0.2) is 28.1 Å². The molecule has 0 spiro atoms. The average molecular weight is 275 g/mol. The van der Waals surface area contributed by atoms with Gasteiger partial charge in [-0.3, -0.25) is 4.79 Å². The second-order valence-corrected chi connectivity index (χ2v) is 4.46. The van der Waals surface area contributed by atoms with Gasteiger partial charge in [-0.2, -0.15) is 0 Å². The van der Waals surface area contributed by atoms with Gasteiger partial charge in [-0.05, 0) is 29.8 Å². The van der Waals surface area contributed by atoms with E-state index in [-0.39, 0.29) is 23.7 Å². The summed E-state index contributed by atoms with van der Waals surface area (Å²) >= 11 is 0. The van der Waals surface area contributed by atoms with Crippen LogP contribution in [0.25, 0.3) is 0 Å². The topological polar surface area (TPSA) is 60.8 Å². The van der Waals surface area contributed by atoms with Crippen molar-refractivity contribution in [1.82, 2.24) is 4.90 Å². The molecule has 0 radical (unpaired) electrons. The summed E-state index contributed by atoms with van der Waals surface area (Å²) < 4.78 is 13.1. The van der Waals surface area contributed by atoms with E-state index in [0.717, 1.165) is 0 Å². The Balaban J connectivity index is 2.19. The van der Waals surface area contributed by atoms with Crippen LogP contribution >= 0.6 is 0 Å². The fraction of sp³-hybridized carbons (Fsp3) is 0.133. The Hall–Kier alpha value is -2.56. The molecular weight excluding hydrogens is 261 g/mol. The standard InChI is InChI=1S/C15H14FNO3/c1-17(9-10-4-2-5-11(16)8-10)15(20)12-6-3-7-13(18)14(12)19/h2-8,18-19H,9H2,1H3. The molecule has 5 heteroatoms. The van der Waals surface area contributed by atoms with E-state index >= 15 is 0 Å². The molecule has 0 aliphatic rings. The molecule has 20 heavy (non-hydrogen) atoms. The Kier molecular flexibility index (Phi) is 3.89. The second kappa shape index (κ2) is 5.61. The van der Waals surface area contributed by atoms with Crippen molar-refractivity contribution in [3.05, 3.63) is 59.4 Å². The summed E-state index contributed by atoms with van der Waals surface area (Å²) in [5, 5.41) is 19.1. The van der Waals surface area contributed by atoms with E-state index in [1.54, 1.807) is 12.1 Å². The molecule has 0 aromatic heterocycles. The first-order valence-electron chi connectivity index (χ1n) is 6.00. The maximum Gasteiger partial charge on any atom is 0.257 e. The molecule has 0 unspecified atom stereocenters. The van der Waals surface area contributed by atoms with Crippen molar-refractivity contribution >= 4 is 5.91 Å². The molecule has 0 fully saturated rings. The van der Waals surface area contributed by atoms with Gasteiger partial charge in [0.2, 0.25) is 0 Å². The van der Waals surface area contributed by atoms with Crippen molar-refractivity contribution in [1.29, 1.82) is 0 Å². The van der Waals surface area contributed by atoms with Gasteiger partial charge in [0.05, 0.1) is 5.56 Å². The zero-order valence-electron chi connectivity index (χ0n) is 10.9. The molecule has 0 saturated carbocycles. The van der Waals surface area contributed by atoms with Crippen LogP contribution in [-0.2, 0) is 6.54 Å². The summed E-state index contributed by atoms with van der Waals surface area (Å²) in [6.07, 6.45) is 0. The van der Waals surface area contributed by atoms with Gasteiger partial charge in [-0.15, -0.1) is 0 Å². The van der Waals surface area contributed by atoms with Crippen molar-refractivity contribution in [2.24, 2.45) is 0 Å². The molecule has 0 aliphatic carbocycles. The number of nitrogens with zero attached hydrogens (tertiary/aromatic N) is 1.